The molecule has 0 fully saturated rings. The third-order valence-corrected chi connectivity index (χ3v) is 5.57. The number of nitrogens with one attached hydrogen (secondary N) is 2. The molecule has 7 nitrogen and oxygen atoms in total. The lowest BCUT2D eigenvalue weighted by Gasteiger charge is -2.14. The van der Waals surface area contributed by atoms with Crippen molar-refractivity contribution in [2.24, 2.45) is 0 Å². The van der Waals surface area contributed by atoms with Crippen LogP contribution in [0.1, 0.15) is 22.6 Å². The molecule has 2 amide bonds. The van der Waals surface area contributed by atoms with Gasteiger partial charge < -0.3 is 20.5 Å². The molecule has 0 aliphatic heterocycles. The quantitative estimate of drug-likeness (QED) is 0.411. The van der Waals surface area contributed by atoms with Crippen LogP contribution in [0.3, 0.4) is 0 Å². The minimum absolute atomic E-state index is 0.0134. The van der Waals surface area contributed by atoms with Crippen molar-refractivity contribution in [3.63, 3.8) is 0 Å². The highest BCUT2D eigenvalue weighted by Gasteiger charge is 2.28. The van der Waals surface area contributed by atoms with E-state index < -0.39 is 12.1 Å². The molecule has 3 aromatic carbocycles. The van der Waals surface area contributed by atoms with E-state index in [0.717, 1.165) is 28.3 Å². The number of carbonyl (C=O) groups excluding carboxylic acids is 2. The van der Waals surface area contributed by atoms with Gasteiger partial charge in [0.15, 0.2) is 0 Å². The number of ether oxygens (including phenoxy) is 1. The maximum atomic E-state index is 12.2. The van der Waals surface area contributed by atoms with Gasteiger partial charge in [0.05, 0.1) is 0 Å². The van der Waals surface area contributed by atoms with E-state index in [1.54, 1.807) is 24.3 Å². The zero-order chi connectivity index (χ0) is 24.6. The van der Waals surface area contributed by atoms with E-state index in [2.05, 4.69) is 34.9 Å². The van der Waals surface area contributed by atoms with Crippen molar-refractivity contribution in [1.29, 1.82) is 0 Å². The first-order chi connectivity index (χ1) is 17.0. The predicted molar refractivity (Wildman–Crippen MR) is 134 cm³/mol. The van der Waals surface area contributed by atoms with Gasteiger partial charge in [0, 0.05) is 30.3 Å². The monoisotopic (exact) mass is 468 g/mol. The Labute approximate surface area is 202 Å². The SMILES string of the molecule is O=C(O)/C=C/c1ccc(NC(=O)/C=C/CNC(=O)OCC2c3ccccc3-c3ccccc32)cc1. The molecular weight excluding hydrogens is 444 g/mol. The van der Waals surface area contributed by atoms with Gasteiger partial charge in [-0.2, -0.15) is 0 Å². The first-order valence-corrected chi connectivity index (χ1v) is 11.1. The molecule has 0 spiro atoms. The van der Waals surface area contributed by atoms with E-state index in [4.69, 9.17) is 9.84 Å². The molecular formula is C28H24N2O5. The molecule has 0 radical (unpaired) electrons. The summed E-state index contributed by atoms with van der Waals surface area (Å²) in [6.45, 7) is 0.366. The van der Waals surface area contributed by atoms with E-state index in [0.29, 0.717) is 11.3 Å². The molecule has 35 heavy (non-hydrogen) atoms. The molecule has 1 aliphatic carbocycles. The van der Waals surface area contributed by atoms with Gasteiger partial charge in [-0.3, -0.25) is 4.79 Å². The highest BCUT2D eigenvalue weighted by atomic mass is 16.5. The van der Waals surface area contributed by atoms with Crippen molar-refractivity contribution < 1.29 is 24.2 Å². The van der Waals surface area contributed by atoms with E-state index in [-0.39, 0.29) is 25.0 Å². The Morgan fingerprint density at radius 1 is 0.857 bits per heavy atom. The van der Waals surface area contributed by atoms with Crippen molar-refractivity contribution in [3.05, 3.63) is 108 Å². The Morgan fingerprint density at radius 2 is 1.49 bits per heavy atom. The number of fused-ring (bicyclic) bond motifs is 3. The van der Waals surface area contributed by atoms with Crippen molar-refractivity contribution in [2.45, 2.75) is 5.92 Å². The van der Waals surface area contributed by atoms with Crippen LogP contribution in [-0.4, -0.2) is 36.2 Å². The average molecular weight is 469 g/mol. The number of rotatable bonds is 8. The molecule has 7 heteroatoms. The zero-order valence-corrected chi connectivity index (χ0v) is 18.8. The van der Waals surface area contributed by atoms with Crippen molar-refractivity contribution in [2.75, 3.05) is 18.5 Å². The lowest BCUT2D eigenvalue weighted by Crippen LogP contribution is -2.26. The summed E-state index contributed by atoms with van der Waals surface area (Å²) in [7, 11) is 0. The summed E-state index contributed by atoms with van der Waals surface area (Å²) in [5, 5.41) is 14.0. The summed E-state index contributed by atoms with van der Waals surface area (Å²) >= 11 is 0. The topological polar surface area (TPSA) is 105 Å². The molecule has 176 valence electrons. The van der Waals surface area contributed by atoms with E-state index in [9.17, 15) is 14.4 Å². The third-order valence-electron chi connectivity index (χ3n) is 5.57. The maximum Gasteiger partial charge on any atom is 0.407 e. The number of hydrogen-bond acceptors (Lipinski definition) is 4. The summed E-state index contributed by atoms with van der Waals surface area (Å²) in [5.41, 5.74) is 5.88. The van der Waals surface area contributed by atoms with Gasteiger partial charge in [-0.1, -0.05) is 66.7 Å². The normalized spacial score (nSPS) is 12.3. The van der Waals surface area contributed by atoms with Gasteiger partial charge >= 0.3 is 12.1 Å². The minimum atomic E-state index is -1.03. The smallest absolute Gasteiger partial charge is 0.407 e. The van der Waals surface area contributed by atoms with Crippen LogP contribution in [0.5, 0.6) is 0 Å². The van der Waals surface area contributed by atoms with Crippen LogP contribution < -0.4 is 10.6 Å². The van der Waals surface area contributed by atoms with E-state index in [1.807, 2.05) is 24.3 Å². The van der Waals surface area contributed by atoms with E-state index in [1.165, 1.54) is 18.2 Å². The number of carbonyl (C=O) groups is 3. The molecule has 1 aliphatic rings. The Kier molecular flexibility index (Phi) is 7.37. The van der Waals surface area contributed by atoms with Crippen LogP contribution in [0, 0.1) is 0 Å². The molecule has 0 unspecified atom stereocenters. The third kappa shape index (κ3) is 6.03. The fraction of sp³-hybridized carbons (Fsp3) is 0.107. The summed E-state index contributed by atoms with van der Waals surface area (Å²) in [5.74, 6) is -1.40. The number of carboxylic acid groups (broad SMARTS) is 1. The van der Waals surface area contributed by atoms with Crippen LogP contribution >= 0.6 is 0 Å². The first kappa shape index (κ1) is 23.5. The first-order valence-electron chi connectivity index (χ1n) is 11.1. The second-order valence-electron chi connectivity index (χ2n) is 7.89. The highest BCUT2D eigenvalue weighted by Crippen LogP contribution is 2.44. The summed E-state index contributed by atoms with van der Waals surface area (Å²) in [4.78, 5) is 34.8. The summed E-state index contributed by atoms with van der Waals surface area (Å²) < 4.78 is 5.46. The van der Waals surface area contributed by atoms with Gasteiger partial charge in [-0.15, -0.1) is 0 Å². The Balaban J connectivity index is 1.22. The molecule has 0 heterocycles. The number of benzene rings is 3. The lowest BCUT2D eigenvalue weighted by molar-refractivity contribution is -0.131. The Hall–Kier alpha value is -4.65. The summed E-state index contributed by atoms with van der Waals surface area (Å²) in [6.07, 6.45) is 4.80. The second kappa shape index (κ2) is 11.0. The standard InChI is InChI=1S/C28H24N2O5/c31-26(30-20-14-11-19(12-15-20)13-16-27(32)33)10-5-17-29-28(34)35-18-25-23-8-3-1-6-21(23)22-7-2-4-9-24(22)25/h1-16,25H,17-18H2,(H,29,34)(H,30,31)(H,32,33)/b10-5+,16-13+. The Bertz CT molecular complexity index is 1250. The van der Waals surface area contributed by atoms with Crippen LogP contribution in [0.25, 0.3) is 17.2 Å². The van der Waals surface area contributed by atoms with Gasteiger partial charge in [0.25, 0.3) is 0 Å². The molecule has 3 aromatic rings. The number of alkyl carbamates (subject to hydrolysis) is 1. The number of anilines is 1. The van der Waals surface area contributed by atoms with E-state index >= 15 is 0 Å². The van der Waals surface area contributed by atoms with Gasteiger partial charge in [0.1, 0.15) is 6.61 Å². The predicted octanol–water partition coefficient (Wildman–Crippen LogP) is 4.82. The molecule has 0 saturated heterocycles. The second-order valence-corrected chi connectivity index (χ2v) is 7.89. The van der Waals surface area contributed by atoms with Crippen LogP contribution in [0.4, 0.5) is 10.5 Å². The molecule has 0 bridgehead atoms. The van der Waals surface area contributed by atoms with Crippen LogP contribution in [0.15, 0.2) is 91.0 Å². The molecule has 0 atom stereocenters. The van der Waals surface area contributed by atoms with Gasteiger partial charge in [-0.25, -0.2) is 9.59 Å². The number of hydrogen-bond donors (Lipinski definition) is 3. The summed E-state index contributed by atoms with van der Waals surface area (Å²) in [6, 6.07) is 23.0. The fourth-order valence-corrected chi connectivity index (χ4v) is 3.99. The zero-order valence-electron chi connectivity index (χ0n) is 18.8. The van der Waals surface area contributed by atoms with Gasteiger partial charge in [-0.05, 0) is 46.0 Å². The van der Waals surface area contributed by atoms with Crippen molar-refractivity contribution in [1.82, 2.24) is 5.32 Å². The largest absolute Gasteiger partial charge is 0.478 e. The molecule has 0 aromatic heterocycles. The number of amides is 2. The minimum Gasteiger partial charge on any atom is -0.478 e. The fourth-order valence-electron chi connectivity index (χ4n) is 3.99. The number of aliphatic carboxylic acids is 1. The van der Waals surface area contributed by atoms with Crippen molar-refractivity contribution in [3.8, 4) is 11.1 Å². The number of carboxylic acids is 1. The Morgan fingerprint density at radius 3 is 2.11 bits per heavy atom. The van der Waals surface area contributed by atoms with Gasteiger partial charge in [0.2, 0.25) is 5.91 Å². The molecule has 0 saturated carbocycles. The average Bonchev–Trinajstić information content (AvgIpc) is 3.18. The highest BCUT2D eigenvalue weighted by molar-refractivity contribution is 5.99. The molecule has 4 rings (SSSR count). The van der Waals surface area contributed by atoms with Crippen molar-refractivity contribution >= 4 is 29.7 Å². The molecule has 3 N–H and O–H groups in total. The van der Waals surface area contributed by atoms with Crippen LogP contribution in [0.2, 0.25) is 0 Å². The lowest BCUT2D eigenvalue weighted by atomic mass is 9.98. The van der Waals surface area contributed by atoms with Crippen LogP contribution in [-0.2, 0) is 14.3 Å². The maximum absolute atomic E-state index is 12.2.